The van der Waals surface area contributed by atoms with Crippen LogP contribution in [0.2, 0.25) is 0 Å². The van der Waals surface area contributed by atoms with Gasteiger partial charge in [0, 0.05) is 13.0 Å². The minimum Gasteiger partial charge on any atom is -0.354 e. The number of carbonyl (C=O) groups is 1. The van der Waals surface area contributed by atoms with E-state index < -0.39 is 12.0 Å². The first-order valence-electron chi connectivity index (χ1n) is 4.96. The van der Waals surface area contributed by atoms with Crippen LogP contribution in [0.25, 0.3) is 0 Å². The smallest absolute Gasteiger partial charge is 0.262 e. The SMILES string of the molecule is O=C(NCC1CC1)C1CC(F)(F)CN1. The Bertz CT molecular complexity index is 241. The van der Waals surface area contributed by atoms with E-state index in [1.54, 1.807) is 0 Å². The van der Waals surface area contributed by atoms with Crippen LogP contribution in [-0.2, 0) is 4.79 Å². The number of rotatable bonds is 3. The van der Waals surface area contributed by atoms with Crippen molar-refractivity contribution in [2.24, 2.45) is 5.92 Å². The van der Waals surface area contributed by atoms with Crippen molar-refractivity contribution in [2.75, 3.05) is 13.1 Å². The summed E-state index contributed by atoms with van der Waals surface area (Å²) in [6, 6.07) is -0.705. The standard InChI is InChI=1S/C9H14F2N2O/c10-9(11)3-7(13-5-9)8(14)12-4-6-1-2-6/h6-7,13H,1-5H2,(H,12,14). The topological polar surface area (TPSA) is 41.1 Å². The lowest BCUT2D eigenvalue weighted by molar-refractivity contribution is -0.123. The zero-order valence-corrected chi connectivity index (χ0v) is 7.85. The fourth-order valence-electron chi connectivity index (χ4n) is 1.59. The zero-order valence-electron chi connectivity index (χ0n) is 7.85. The number of carbonyl (C=O) groups excluding carboxylic acids is 1. The molecule has 5 heteroatoms. The summed E-state index contributed by atoms with van der Waals surface area (Å²) in [7, 11) is 0. The van der Waals surface area contributed by atoms with Crippen LogP contribution in [0.4, 0.5) is 8.78 Å². The molecule has 0 aromatic carbocycles. The Balaban J connectivity index is 1.74. The Hall–Kier alpha value is -0.710. The fraction of sp³-hybridized carbons (Fsp3) is 0.889. The van der Waals surface area contributed by atoms with Crippen LogP contribution in [0.5, 0.6) is 0 Å². The van der Waals surface area contributed by atoms with Gasteiger partial charge in [0.2, 0.25) is 5.91 Å². The largest absolute Gasteiger partial charge is 0.354 e. The van der Waals surface area contributed by atoms with Crippen LogP contribution < -0.4 is 10.6 Å². The third-order valence-electron chi connectivity index (χ3n) is 2.69. The predicted molar refractivity (Wildman–Crippen MR) is 47.1 cm³/mol. The van der Waals surface area contributed by atoms with Gasteiger partial charge in [0.1, 0.15) is 0 Å². The van der Waals surface area contributed by atoms with E-state index in [1.165, 1.54) is 0 Å². The second-order valence-corrected chi connectivity index (χ2v) is 4.18. The minimum absolute atomic E-state index is 0.283. The Morgan fingerprint density at radius 3 is 2.71 bits per heavy atom. The average Bonchev–Trinajstić information content (AvgIpc) is 2.86. The highest BCUT2D eigenvalue weighted by atomic mass is 19.3. The number of amides is 1. The van der Waals surface area contributed by atoms with Crippen molar-refractivity contribution in [3.63, 3.8) is 0 Å². The lowest BCUT2D eigenvalue weighted by atomic mass is 10.2. The van der Waals surface area contributed by atoms with Crippen LogP contribution in [0, 0.1) is 5.92 Å². The molecule has 1 aliphatic heterocycles. The molecule has 2 rings (SSSR count). The highest BCUT2D eigenvalue weighted by Gasteiger charge is 2.42. The Kier molecular flexibility index (Phi) is 2.43. The molecule has 1 atom stereocenters. The summed E-state index contributed by atoms with van der Waals surface area (Å²) in [4.78, 5) is 11.4. The maximum Gasteiger partial charge on any atom is 0.262 e. The van der Waals surface area contributed by atoms with Gasteiger partial charge < -0.3 is 5.32 Å². The molecule has 0 aromatic rings. The van der Waals surface area contributed by atoms with Gasteiger partial charge in [-0.05, 0) is 18.8 Å². The van der Waals surface area contributed by atoms with Crippen molar-refractivity contribution in [1.82, 2.24) is 10.6 Å². The van der Waals surface area contributed by atoms with E-state index in [0.29, 0.717) is 12.5 Å². The normalized spacial score (nSPS) is 30.3. The first kappa shape index (κ1) is 9.83. The molecular formula is C9H14F2N2O. The molecule has 1 aliphatic carbocycles. The Labute approximate surface area is 81.2 Å². The van der Waals surface area contributed by atoms with Gasteiger partial charge in [0.25, 0.3) is 5.92 Å². The van der Waals surface area contributed by atoms with Crippen LogP contribution in [0.15, 0.2) is 0 Å². The van der Waals surface area contributed by atoms with Crippen molar-refractivity contribution in [3.05, 3.63) is 0 Å². The number of alkyl halides is 2. The summed E-state index contributed by atoms with van der Waals surface area (Å²) in [5, 5.41) is 5.22. The molecule has 0 radical (unpaired) electrons. The van der Waals surface area contributed by atoms with E-state index in [9.17, 15) is 13.6 Å². The molecule has 0 spiro atoms. The molecule has 0 bridgehead atoms. The van der Waals surface area contributed by atoms with Crippen molar-refractivity contribution >= 4 is 5.91 Å². The molecule has 14 heavy (non-hydrogen) atoms. The molecular weight excluding hydrogens is 190 g/mol. The lowest BCUT2D eigenvalue weighted by Gasteiger charge is -2.10. The summed E-state index contributed by atoms with van der Waals surface area (Å²) >= 11 is 0. The van der Waals surface area contributed by atoms with Gasteiger partial charge in [-0.3, -0.25) is 10.1 Å². The number of nitrogens with one attached hydrogen (secondary N) is 2. The molecule has 1 unspecified atom stereocenters. The van der Waals surface area contributed by atoms with E-state index in [-0.39, 0.29) is 18.9 Å². The van der Waals surface area contributed by atoms with E-state index in [1.807, 2.05) is 0 Å². The van der Waals surface area contributed by atoms with Crippen molar-refractivity contribution in [2.45, 2.75) is 31.2 Å². The molecule has 80 valence electrons. The highest BCUT2D eigenvalue weighted by Crippen LogP contribution is 2.28. The first-order chi connectivity index (χ1) is 6.57. The maximum atomic E-state index is 12.7. The number of hydrogen-bond donors (Lipinski definition) is 2. The summed E-state index contributed by atoms with van der Waals surface area (Å²) < 4.78 is 25.4. The van der Waals surface area contributed by atoms with Crippen molar-refractivity contribution in [3.8, 4) is 0 Å². The molecule has 1 saturated carbocycles. The van der Waals surface area contributed by atoms with E-state index in [4.69, 9.17) is 0 Å². The lowest BCUT2D eigenvalue weighted by Crippen LogP contribution is -2.41. The van der Waals surface area contributed by atoms with Crippen molar-refractivity contribution < 1.29 is 13.6 Å². The third kappa shape index (κ3) is 2.41. The molecule has 1 amide bonds. The Morgan fingerprint density at radius 1 is 1.50 bits per heavy atom. The van der Waals surface area contributed by atoms with Gasteiger partial charge in [-0.25, -0.2) is 8.78 Å². The molecule has 1 heterocycles. The summed E-state index contributed by atoms with van der Waals surface area (Å²) in [5.74, 6) is -2.42. The minimum atomic E-state index is -2.72. The van der Waals surface area contributed by atoms with Gasteiger partial charge in [-0.15, -0.1) is 0 Å². The second-order valence-electron chi connectivity index (χ2n) is 4.18. The monoisotopic (exact) mass is 204 g/mol. The average molecular weight is 204 g/mol. The number of halogens is 2. The van der Waals surface area contributed by atoms with Gasteiger partial charge >= 0.3 is 0 Å². The molecule has 2 fully saturated rings. The quantitative estimate of drug-likeness (QED) is 0.703. The molecule has 1 saturated heterocycles. The third-order valence-corrected chi connectivity index (χ3v) is 2.69. The van der Waals surface area contributed by atoms with Gasteiger partial charge in [0.15, 0.2) is 0 Å². The predicted octanol–water partition coefficient (Wildman–Crippen LogP) is 0.510. The van der Waals surface area contributed by atoms with E-state index in [2.05, 4.69) is 10.6 Å². The van der Waals surface area contributed by atoms with Gasteiger partial charge in [-0.2, -0.15) is 0 Å². The van der Waals surface area contributed by atoms with Crippen molar-refractivity contribution in [1.29, 1.82) is 0 Å². The van der Waals surface area contributed by atoms with Gasteiger partial charge in [-0.1, -0.05) is 0 Å². The second kappa shape index (κ2) is 3.46. The highest BCUT2D eigenvalue weighted by molar-refractivity contribution is 5.82. The maximum absolute atomic E-state index is 12.7. The molecule has 2 aliphatic rings. The Morgan fingerprint density at radius 2 is 2.21 bits per heavy atom. The first-order valence-corrected chi connectivity index (χ1v) is 4.96. The van der Waals surface area contributed by atoms with E-state index in [0.717, 1.165) is 12.8 Å². The molecule has 0 aromatic heterocycles. The van der Waals surface area contributed by atoms with Crippen LogP contribution >= 0.6 is 0 Å². The van der Waals surface area contributed by atoms with Crippen LogP contribution in [0.1, 0.15) is 19.3 Å². The van der Waals surface area contributed by atoms with Crippen LogP contribution in [0.3, 0.4) is 0 Å². The number of hydrogen-bond acceptors (Lipinski definition) is 2. The summed E-state index contributed by atoms with van der Waals surface area (Å²) in [6.07, 6.45) is 1.92. The zero-order chi connectivity index (χ0) is 10.2. The molecule has 2 N–H and O–H groups in total. The summed E-state index contributed by atoms with van der Waals surface area (Å²) in [5.41, 5.74) is 0. The molecule has 3 nitrogen and oxygen atoms in total. The van der Waals surface area contributed by atoms with Crippen LogP contribution in [-0.4, -0.2) is 31.0 Å². The fourth-order valence-corrected chi connectivity index (χ4v) is 1.59. The summed E-state index contributed by atoms with van der Waals surface area (Å²) in [6.45, 7) is 0.261. The van der Waals surface area contributed by atoms with Gasteiger partial charge in [0.05, 0.1) is 12.6 Å². The van der Waals surface area contributed by atoms with E-state index >= 15 is 0 Å².